The van der Waals surface area contributed by atoms with E-state index in [1.54, 1.807) is 30.8 Å². The second-order valence-electron chi connectivity index (χ2n) is 8.99. The zero-order chi connectivity index (χ0) is 30.7. The fourth-order valence-corrected chi connectivity index (χ4v) is 3.04. The highest BCUT2D eigenvalue weighted by Gasteiger charge is 2.09. The van der Waals surface area contributed by atoms with Gasteiger partial charge in [-0.3, -0.25) is 15.0 Å². The average Bonchev–Trinajstić information content (AvgIpc) is 2.96. The zero-order valence-corrected chi connectivity index (χ0v) is 25.9. The van der Waals surface area contributed by atoms with Crippen molar-refractivity contribution in [2.75, 3.05) is 0 Å². The van der Waals surface area contributed by atoms with Gasteiger partial charge in [-0.05, 0) is 76.9 Å². The number of hydrogen-bond acceptors (Lipinski definition) is 6. The van der Waals surface area contributed by atoms with Crippen molar-refractivity contribution in [2.24, 2.45) is 15.0 Å². The van der Waals surface area contributed by atoms with E-state index in [1.165, 1.54) is 0 Å². The van der Waals surface area contributed by atoms with Crippen molar-refractivity contribution in [2.45, 2.75) is 87.4 Å². The van der Waals surface area contributed by atoms with Crippen LogP contribution in [-0.2, 0) is 0 Å². The van der Waals surface area contributed by atoms with Gasteiger partial charge < -0.3 is 15.3 Å². The van der Waals surface area contributed by atoms with Gasteiger partial charge in [0.1, 0.15) is 17.2 Å². The van der Waals surface area contributed by atoms with Crippen molar-refractivity contribution >= 4 is 18.6 Å². The number of phenolic OH excluding ortho intramolecular Hbond substituents is 3. The Balaban J connectivity index is 0.000000797. The monoisotopic (exact) mass is 547 g/mol. The highest BCUT2D eigenvalue weighted by molar-refractivity contribution is 5.85. The van der Waals surface area contributed by atoms with Crippen LogP contribution in [0.3, 0.4) is 0 Å². The quantitative estimate of drug-likeness (QED) is 0.259. The lowest BCUT2D eigenvalue weighted by molar-refractivity contribution is 0.469. The molecule has 0 aromatic heterocycles. The predicted octanol–water partition coefficient (Wildman–Crippen LogP) is 8.30. The summed E-state index contributed by atoms with van der Waals surface area (Å²) in [7, 11) is 0. The third-order valence-corrected chi connectivity index (χ3v) is 5.58. The second-order valence-corrected chi connectivity index (χ2v) is 8.99. The second kappa shape index (κ2) is 20.0. The molecule has 3 N–H and O–H groups in total. The molecule has 6 nitrogen and oxygen atoms in total. The van der Waals surface area contributed by atoms with Crippen LogP contribution in [-0.4, -0.2) is 52.1 Å². The summed E-state index contributed by atoms with van der Waals surface area (Å²) in [5, 5.41) is 29.4. The molecule has 3 rings (SSSR count). The predicted molar refractivity (Wildman–Crippen MR) is 173 cm³/mol. The highest BCUT2D eigenvalue weighted by Crippen LogP contribution is 2.21. The molecule has 0 aliphatic rings. The van der Waals surface area contributed by atoms with E-state index >= 15 is 0 Å². The number of aliphatic imine (C=N–C) groups is 3. The first-order valence-corrected chi connectivity index (χ1v) is 14.0. The molecule has 3 aromatic rings. The van der Waals surface area contributed by atoms with Crippen molar-refractivity contribution < 1.29 is 15.3 Å². The zero-order valence-electron chi connectivity index (χ0n) is 25.9. The van der Waals surface area contributed by atoms with Crippen molar-refractivity contribution in [3.63, 3.8) is 0 Å². The molecule has 0 aliphatic carbocycles. The van der Waals surface area contributed by atoms with Crippen LogP contribution in [0.1, 0.15) is 83.2 Å². The lowest BCUT2D eigenvalue weighted by atomic mass is 10.1. The van der Waals surface area contributed by atoms with Crippen molar-refractivity contribution in [3.8, 4) is 17.2 Å². The maximum Gasteiger partial charge on any atom is 0.127 e. The van der Waals surface area contributed by atoms with Gasteiger partial charge in [0.05, 0.1) is 12.1 Å². The topological polar surface area (TPSA) is 97.8 Å². The Bertz CT molecular complexity index is 1150. The van der Waals surface area contributed by atoms with Crippen LogP contribution in [0.4, 0.5) is 0 Å². The Morgan fingerprint density at radius 3 is 1.30 bits per heavy atom. The summed E-state index contributed by atoms with van der Waals surface area (Å²) in [5.74, 6) is 0.797. The third-order valence-electron chi connectivity index (χ3n) is 5.58. The van der Waals surface area contributed by atoms with Crippen molar-refractivity contribution in [1.82, 2.24) is 0 Å². The van der Waals surface area contributed by atoms with Crippen LogP contribution in [0.5, 0.6) is 17.2 Å². The SMILES string of the molecule is CC.CC.CC(C)N=Cc1ccccc1O.Cc1cccc(C=NC(C)C(C)N=Cc2cccc(C)c2O)c1O. The largest absolute Gasteiger partial charge is 0.507 e. The van der Waals surface area contributed by atoms with Crippen molar-refractivity contribution in [3.05, 3.63) is 88.5 Å². The maximum atomic E-state index is 10.0. The molecular weight excluding hydrogens is 498 g/mol. The molecule has 2 unspecified atom stereocenters. The number of benzene rings is 3. The van der Waals surface area contributed by atoms with Gasteiger partial charge in [0.2, 0.25) is 0 Å². The van der Waals surface area contributed by atoms with Gasteiger partial charge >= 0.3 is 0 Å². The Labute approximate surface area is 241 Å². The fourth-order valence-electron chi connectivity index (χ4n) is 3.04. The molecule has 0 fully saturated rings. The Morgan fingerprint density at radius 1 is 0.525 bits per heavy atom. The molecule has 0 saturated heterocycles. The molecule has 40 heavy (non-hydrogen) atoms. The molecule has 0 bridgehead atoms. The average molecular weight is 548 g/mol. The summed E-state index contributed by atoms with van der Waals surface area (Å²) in [6.07, 6.45) is 5.06. The van der Waals surface area contributed by atoms with Crippen LogP contribution in [0.2, 0.25) is 0 Å². The summed E-state index contributed by atoms with van der Waals surface area (Å²) >= 11 is 0. The number of phenols is 3. The van der Waals surface area contributed by atoms with Gasteiger partial charge in [0, 0.05) is 41.4 Å². The molecular formula is C34H49N3O3. The molecule has 0 spiro atoms. The summed E-state index contributed by atoms with van der Waals surface area (Å²) in [4.78, 5) is 13.1. The van der Waals surface area contributed by atoms with Gasteiger partial charge in [-0.15, -0.1) is 0 Å². The van der Waals surface area contributed by atoms with Crippen LogP contribution >= 0.6 is 0 Å². The molecule has 3 aromatic carbocycles. The summed E-state index contributed by atoms with van der Waals surface area (Å²) in [5.41, 5.74) is 3.83. The molecule has 0 saturated carbocycles. The van der Waals surface area contributed by atoms with Gasteiger partial charge in [0.25, 0.3) is 0 Å². The van der Waals surface area contributed by atoms with Crippen LogP contribution in [0.25, 0.3) is 0 Å². The van der Waals surface area contributed by atoms with Gasteiger partial charge in [-0.25, -0.2) is 0 Å². The first-order chi connectivity index (χ1) is 19.1. The van der Waals surface area contributed by atoms with E-state index < -0.39 is 0 Å². The van der Waals surface area contributed by atoms with E-state index in [1.807, 2.05) is 118 Å². The molecule has 6 heteroatoms. The fraction of sp³-hybridized carbons (Fsp3) is 0.382. The molecule has 0 radical (unpaired) electrons. The van der Waals surface area contributed by atoms with Gasteiger partial charge in [-0.2, -0.15) is 0 Å². The van der Waals surface area contributed by atoms with Gasteiger partial charge in [0.15, 0.2) is 0 Å². The lowest BCUT2D eigenvalue weighted by Crippen LogP contribution is -2.16. The highest BCUT2D eigenvalue weighted by atomic mass is 16.3. The number of rotatable bonds is 7. The number of aryl methyl sites for hydroxylation is 2. The molecule has 0 amide bonds. The minimum atomic E-state index is -0.0480. The normalized spacial score (nSPS) is 12.3. The minimum Gasteiger partial charge on any atom is -0.507 e. The molecule has 0 aliphatic heterocycles. The van der Waals surface area contributed by atoms with Crippen LogP contribution in [0, 0.1) is 13.8 Å². The molecule has 0 heterocycles. The van der Waals surface area contributed by atoms with Crippen LogP contribution < -0.4 is 0 Å². The number of para-hydroxylation sites is 3. The number of aromatic hydroxyl groups is 3. The van der Waals surface area contributed by atoms with Crippen LogP contribution in [0.15, 0.2) is 75.6 Å². The van der Waals surface area contributed by atoms with E-state index in [2.05, 4.69) is 15.0 Å². The molecule has 2 atom stereocenters. The lowest BCUT2D eigenvalue weighted by Gasteiger charge is -2.12. The number of nitrogens with zero attached hydrogens (tertiary/aromatic N) is 3. The molecule has 218 valence electrons. The van der Waals surface area contributed by atoms with E-state index in [0.29, 0.717) is 11.1 Å². The first kappa shape index (κ1) is 36.1. The Hall–Kier alpha value is -3.93. The van der Waals surface area contributed by atoms with E-state index in [9.17, 15) is 15.3 Å². The smallest absolute Gasteiger partial charge is 0.127 e. The third kappa shape index (κ3) is 12.7. The summed E-state index contributed by atoms with van der Waals surface area (Å²) < 4.78 is 0. The van der Waals surface area contributed by atoms with E-state index in [-0.39, 0.29) is 35.4 Å². The Kier molecular flexibility index (Phi) is 18.1. The van der Waals surface area contributed by atoms with E-state index in [0.717, 1.165) is 16.7 Å². The Morgan fingerprint density at radius 2 is 0.900 bits per heavy atom. The first-order valence-electron chi connectivity index (χ1n) is 14.0. The van der Waals surface area contributed by atoms with Gasteiger partial charge in [-0.1, -0.05) is 64.1 Å². The standard InChI is InChI=1S/C20H24N2O2.C10H13NO.2C2H6/c1-13-7-5-9-17(19(13)23)11-21-15(3)16(4)22-12-18-10-6-8-14(2)20(18)24;1-8(2)11-7-9-5-3-4-6-10(9)12;2*1-2/h5-12,15-16,23-24H,1-4H3;3-8,12H,1-2H3;2*1-2H3. The minimum absolute atomic E-state index is 0.0480. The summed E-state index contributed by atoms with van der Waals surface area (Å²) in [6, 6.07) is 18.5. The van der Waals surface area contributed by atoms with Crippen molar-refractivity contribution in [1.29, 1.82) is 0 Å². The summed E-state index contributed by atoms with van der Waals surface area (Å²) in [6.45, 7) is 19.7. The van der Waals surface area contributed by atoms with E-state index in [4.69, 9.17) is 0 Å². The maximum absolute atomic E-state index is 10.0. The number of hydrogen-bond donors (Lipinski definition) is 3.